The predicted octanol–water partition coefficient (Wildman–Crippen LogP) is 6.62. The molecule has 5 rings (SSSR count). The summed E-state index contributed by atoms with van der Waals surface area (Å²) in [6, 6.07) is 25.8. The summed E-state index contributed by atoms with van der Waals surface area (Å²) < 4.78 is 11.4. The number of thiazole rings is 1. The zero-order chi connectivity index (χ0) is 24.9. The number of carbonyl (C=O) groups excluding carboxylic acids is 2. The number of nitrogens with one attached hydrogen (secondary N) is 2. The van der Waals surface area contributed by atoms with Crippen molar-refractivity contribution in [1.82, 2.24) is 4.98 Å². The minimum absolute atomic E-state index is 0.192. The summed E-state index contributed by atoms with van der Waals surface area (Å²) in [4.78, 5) is 31.2. The molecule has 0 aliphatic rings. The van der Waals surface area contributed by atoms with Crippen LogP contribution in [0.3, 0.4) is 0 Å². The van der Waals surface area contributed by atoms with Crippen LogP contribution in [0.2, 0.25) is 0 Å². The summed E-state index contributed by atoms with van der Waals surface area (Å²) in [5.41, 5.74) is 2.25. The number of aromatic nitrogens is 1. The third-order valence-corrected chi connectivity index (χ3v) is 7.44. The SMILES string of the molecule is COc1ccc2nc(NC(=O)C(Sc3cccc(NC(=O)c4ccco4)c3)c3ccccc3)sc2c1. The molecule has 2 N–H and O–H groups in total. The minimum atomic E-state index is -0.538. The molecule has 36 heavy (non-hydrogen) atoms. The van der Waals surface area contributed by atoms with Crippen LogP contribution in [-0.2, 0) is 4.79 Å². The van der Waals surface area contributed by atoms with Gasteiger partial charge in [0.05, 0.1) is 23.6 Å². The third-order valence-electron chi connectivity index (χ3n) is 5.26. The summed E-state index contributed by atoms with van der Waals surface area (Å²) in [6.45, 7) is 0. The van der Waals surface area contributed by atoms with Gasteiger partial charge in [-0.05, 0) is 54.1 Å². The Morgan fingerprint density at radius 2 is 1.83 bits per heavy atom. The van der Waals surface area contributed by atoms with E-state index in [1.807, 2.05) is 66.7 Å². The number of thioether (sulfide) groups is 1. The van der Waals surface area contributed by atoms with Gasteiger partial charge in [0, 0.05) is 10.6 Å². The first-order chi connectivity index (χ1) is 17.6. The highest BCUT2D eigenvalue weighted by molar-refractivity contribution is 8.00. The van der Waals surface area contributed by atoms with Gasteiger partial charge in [0.15, 0.2) is 10.9 Å². The van der Waals surface area contributed by atoms with Crippen LogP contribution in [0.25, 0.3) is 10.2 Å². The topological polar surface area (TPSA) is 93.5 Å². The highest BCUT2D eigenvalue weighted by atomic mass is 32.2. The number of furan rings is 1. The molecule has 5 aromatic rings. The number of nitrogens with zero attached hydrogens (tertiary/aromatic N) is 1. The van der Waals surface area contributed by atoms with Crippen molar-refractivity contribution in [2.75, 3.05) is 17.7 Å². The number of anilines is 2. The molecule has 1 unspecified atom stereocenters. The monoisotopic (exact) mass is 515 g/mol. The van der Waals surface area contributed by atoms with Crippen LogP contribution in [0.15, 0.2) is 101 Å². The maximum absolute atomic E-state index is 13.5. The molecule has 0 aliphatic heterocycles. The molecule has 7 nitrogen and oxygen atoms in total. The molecule has 0 saturated heterocycles. The number of hydrogen-bond acceptors (Lipinski definition) is 7. The van der Waals surface area contributed by atoms with E-state index in [1.54, 1.807) is 25.3 Å². The van der Waals surface area contributed by atoms with Gasteiger partial charge in [0.1, 0.15) is 11.0 Å². The van der Waals surface area contributed by atoms with Gasteiger partial charge in [-0.2, -0.15) is 0 Å². The Morgan fingerprint density at radius 1 is 0.972 bits per heavy atom. The van der Waals surface area contributed by atoms with E-state index in [4.69, 9.17) is 9.15 Å². The number of amides is 2. The zero-order valence-corrected chi connectivity index (χ0v) is 20.8. The lowest BCUT2D eigenvalue weighted by Gasteiger charge is -2.16. The van der Waals surface area contributed by atoms with E-state index < -0.39 is 5.25 Å². The van der Waals surface area contributed by atoms with Crippen molar-refractivity contribution >= 4 is 55.9 Å². The Balaban J connectivity index is 1.37. The van der Waals surface area contributed by atoms with Gasteiger partial charge < -0.3 is 19.8 Å². The van der Waals surface area contributed by atoms with Gasteiger partial charge in [0.25, 0.3) is 5.91 Å². The number of carbonyl (C=O) groups is 2. The van der Waals surface area contributed by atoms with Gasteiger partial charge in [-0.1, -0.05) is 47.7 Å². The van der Waals surface area contributed by atoms with E-state index in [1.165, 1.54) is 29.4 Å². The van der Waals surface area contributed by atoms with Crippen molar-refractivity contribution in [1.29, 1.82) is 0 Å². The second-order valence-electron chi connectivity index (χ2n) is 7.71. The van der Waals surface area contributed by atoms with Crippen LogP contribution in [0.1, 0.15) is 21.4 Å². The van der Waals surface area contributed by atoms with Crippen molar-refractivity contribution < 1.29 is 18.7 Å². The van der Waals surface area contributed by atoms with Crippen molar-refractivity contribution in [2.24, 2.45) is 0 Å². The standard InChI is InChI=1S/C27H21N3O4S2/c1-33-19-12-13-21-23(16-19)36-27(29-21)30-26(32)24(17-7-3-2-4-8-17)35-20-10-5-9-18(15-20)28-25(31)22-11-6-14-34-22/h2-16,24H,1H3,(H,28,31)(H,29,30,32). The van der Waals surface area contributed by atoms with Crippen LogP contribution in [-0.4, -0.2) is 23.9 Å². The highest BCUT2D eigenvalue weighted by Crippen LogP contribution is 2.38. The molecule has 1 atom stereocenters. The van der Waals surface area contributed by atoms with Gasteiger partial charge >= 0.3 is 0 Å². The van der Waals surface area contributed by atoms with Crippen molar-refractivity contribution in [3.63, 3.8) is 0 Å². The Hall–Kier alpha value is -4.08. The summed E-state index contributed by atoms with van der Waals surface area (Å²) >= 11 is 2.78. The van der Waals surface area contributed by atoms with Crippen LogP contribution < -0.4 is 15.4 Å². The quantitative estimate of drug-likeness (QED) is 0.226. The molecule has 0 saturated carbocycles. The summed E-state index contributed by atoms with van der Waals surface area (Å²) in [5, 5.41) is 5.78. The molecule has 2 amide bonds. The molecule has 9 heteroatoms. The number of methoxy groups -OCH3 is 1. The van der Waals surface area contributed by atoms with E-state index >= 15 is 0 Å². The average Bonchev–Trinajstić information content (AvgIpc) is 3.57. The molecule has 0 fully saturated rings. The third kappa shape index (κ3) is 5.42. The van der Waals surface area contributed by atoms with Crippen molar-refractivity contribution in [3.8, 4) is 5.75 Å². The number of ether oxygens (including phenoxy) is 1. The van der Waals surface area contributed by atoms with Crippen LogP contribution >= 0.6 is 23.1 Å². The maximum Gasteiger partial charge on any atom is 0.291 e. The first kappa shape index (κ1) is 23.7. The van der Waals surface area contributed by atoms with Gasteiger partial charge in [-0.3, -0.25) is 9.59 Å². The largest absolute Gasteiger partial charge is 0.497 e. The van der Waals surface area contributed by atoms with Gasteiger partial charge in [-0.25, -0.2) is 4.98 Å². The number of rotatable bonds is 8. The smallest absolute Gasteiger partial charge is 0.291 e. The summed E-state index contributed by atoms with van der Waals surface area (Å²) in [7, 11) is 1.62. The number of fused-ring (bicyclic) bond motifs is 1. The Bertz CT molecular complexity index is 1500. The van der Waals surface area contributed by atoms with Crippen LogP contribution in [0, 0.1) is 0 Å². The van der Waals surface area contributed by atoms with Gasteiger partial charge in [-0.15, -0.1) is 11.8 Å². The molecule has 0 bridgehead atoms. The lowest BCUT2D eigenvalue weighted by molar-refractivity contribution is -0.115. The van der Waals surface area contributed by atoms with E-state index in [0.29, 0.717) is 10.8 Å². The van der Waals surface area contributed by atoms with Crippen molar-refractivity contribution in [3.05, 3.63) is 103 Å². The Kier molecular flexibility index (Phi) is 7.01. The Morgan fingerprint density at radius 3 is 2.61 bits per heavy atom. The lowest BCUT2D eigenvalue weighted by Crippen LogP contribution is -2.19. The molecule has 180 valence electrons. The van der Waals surface area contributed by atoms with E-state index in [9.17, 15) is 9.59 Å². The second kappa shape index (κ2) is 10.7. The van der Waals surface area contributed by atoms with Crippen LogP contribution in [0.5, 0.6) is 5.75 Å². The molecule has 0 radical (unpaired) electrons. The molecule has 2 aromatic heterocycles. The number of hydrogen-bond donors (Lipinski definition) is 2. The fraction of sp³-hybridized carbons (Fsp3) is 0.0741. The number of benzene rings is 3. The first-order valence-corrected chi connectivity index (χ1v) is 12.7. The lowest BCUT2D eigenvalue weighted by atomic mass is 10.1. The summed E-state index contributed by atoms with van der Waals surface area (Å²) in [5.74, 6) is 0.429. The molecule has 0 aliphatic carbocycles. The molecule has 0 spiro atoms. The fourth-order valence-corrected chi connectivity index (χ4v) is 5.52. The normalized spacial score (nSPS) is 11.7. The average molecular weight is 516 g/mol. The highest BCUT2D eigenvalue weighted by Gasteiger charge is 2.23. The Labute approximate surface area is 215 Å². The van der Waals surface area contributed by atoms with Gasteiger partial charge in [0.2, 0.25) is 5.91 Å². The van der Waals surface area contributed by atoms with Crippen LogP contribution in [0.4, 0.5) is 10.8 Å². The minimum Gasteiger partial charge on any atom is -0.497 e. The molecular weight excluding hydrogens is 494 g/mol. The molecule has 3 aromatic carbocycles. The van der Waals surface area contributed by atoms with E-state index in [-0.39, 0.29) is 17.6 Å². The van der Waals surface area contributed by atoms with E-state index in [0.717, 1.165) is 26.4 Å². The van der Waals surface area contributed by atoms with Crippen molar-refractivity contribution in [2.45, 2.75) is 10.1 Å². The second-order valence-corrected chi connectivity index (χ2v) is 9.92. The maximum atomic E-state index is 13.5. The predicted molar refractivity (Wildman–Crippen MR) is 143 cm³/mol. The first-order valence-electron chi connectivity index (χ1n) is 11.0. The summed E-state index contributed by atoms with van der Waals surface area (Å²) in [6.07, 6.45) is 1.45. The zero-order valence-electron chi connectivity index (χ0n) is 19.1. The molecular formula is C27H21N3O4S2. The molecule has 2 heterocycles. The fourth-order valence-electron chi connectivity index (χ4n) is 3.54. The van der Waals surface area contributed by atoms with E-state index in [2.05, 4.69) is 15.6 Å².